The molecule has 2 nitrogen and oxygen atoms in total. The molecule has 3 heteroatoms. The molecule has 0 N–H and O–H groups in total. The summed E-state index contributed by atoms with van der Waals surface area (Å²) in [5.41, 5.74) is 8.39. The second-order valence-corrected chi connectivity index (χ2v) is 13.3. The molecule has 8 aromatic rings. The fourth-order valence-electron chi connectivity index (χ4n) is 6.58. The van der Waals surface area contributed by atoms with Crippen LogP contribution >= 0.6 is 11.3 Å². The molecular formula is C40H32N2S. The van der Waals surface area contributed by atoms with Gasteiger partial charge in [0.25, 0.3) is 0 Å². The standard InChI is InChI=1S/C40H32N2S/c1-40(2,3)42-36-18-9-7-16-32(36)34-25-28(20-22-37(34)42)27-12-11-15-30(24-27)41(29-13-5-4-6-14-29)31-21-23-39-35(26-31)33-17-8-10-19-38(33)43-39/h4-26H,1-3H3. The number of aromatic nitrogens is 1. The number of anilines is 3. The zero-order valence-corrected chi connectivity index (χ0v) is 25.4. The van der Waals surface area contributed by atoms with Crippen molar-refractivity contribution in [3.63, 3.8) is 0 Å². The van der Waals surface area contributed by atoms with Gasteiger partial charge in [0.1, 0.15) is 0 Å². The van der Waals surface area contributed by atoms with E-state index in [1.54, 1.807) is 0 Å². The molecular weight excluding hydrogens is 541 g/mol. The van der Waals surface area contributed by atoms with Crippen LogP contribution in [0.3, 0.4) is 0 Å². The number of thiophene rings is 1. The van der Waals surface area contributed by atoms with E-state index in [0.717, 1.165) is 17.1 Å². The minimum Gasteiger partial charge on any atom is -0.335 e. The Morgan fingerprint density at radius 2 is 1.12 bits per heavy atom. The predicted octanol–water partition coefficient (Wildman–Crippen LogP) is 12.1. The first-order valence-corrected chi connectivity index (χ1v) is 15.7. The summed E-state index contributed by atoms with van der Waals surface area (Å²) in [5.74, 6) is 0. The maximum absolute atomic E-state index is 2.47. The summed E-state index contributed by atoms with van der Waals surface area (Å²) in [4.78, 5) is 2.37. The molecule has 43 heavy (non-hydrogen) atoms. The average molecular weight is 573 g/mol. The predicted molar refractivity (Wildman–Crippen MR) is 187 cm³/mol. The zero-order valence-electron chi connectivity index (χ0n) is 24.6. The summed E-state index contributed by atoms with van der Waals surface area (Å²) in [5, 5.41) is 5.21. The second-order valence-electron chi connectivity index (χ2n) is 12.3. The van der Waals surface area contributed by atoms with Gasteiger partial charge in [0.05, 0.1) is 0 Å². The van der Waals surface area contributed by atoms with Crippen LogP contribution in [-0.2, 0) is 5.54 Å². The van der Waals surface area contributed by atoms with Gasteiger partial charge in [-0.05, 0) is 98.6 Å². The van der Waals surface area contributed by atoms with Gasteiger partial charge in [-0.25, -0.2) is 0 Å². The van der Waals surface area contributed by atoms with Gasteiger partial charge >= 0.3 is 0 Å². The molecule has 6 aromatic carbocycles. The van der Waals surface area contributed by atoms with E-state index in [4.69, 9.17) is 0 Å². The molecule has 0 amide bonds. The molecule has 0 saturated heterocycles. The van der Waals surface area contributed by atoms with Gasteiger partial charge in [0, 0.05) is 64.6 Å². The summed E-state index contributed by atoms with van der Waals surface area (Å²) in [7, 11) is 0. The van der Waals surface area contributed by atoms with Crippen LogP contribution in [0.25, 0.3) is 53.1 Å². The van der Waals surface area contributed by atoms with E-state index in [1.807, 2.05) is 11.3 Å². The van der Waals surface area contributed by atoms with Crippen LogP contribution in [0.5, 0.6) is 0 Å². The topological polar surface area (TPSA) is 8.17 Å². The monoisotopic (exact) mass is 572 g/mol. The molecule has 0 radical (unpaired) electrons. The van der Waals surface area contributed by atoms with Crippen LogP contribution in [0.2, 0.25) is 0 Å². The molecule has 208 valence electrons. The fourth-order valence-corrected chi connectivity index (χ4v) is 7.66. The lowest BCUT2D eigenvalue weighted by molar-refractivity contribution is 0.423. The Balaban J connectivity index is 1.29. The van der Waals surface area contributed by atoms with Crippen molar-refractivity contribution in [2.45, 2.75) is 26.3 Å². The molecule has 0 saturated carbocycles. The van der Waals surface area contributed by atoms with Crippen molar-refractivity contribution in [3.05, 3.63) is 140 Å². The molecule has 0 unspecified atom stereocenters. The lowest BCUT2D eigenvalue weighted by Gasteiger charge is -2.26. The van der Waals surface area contributed by atoms with Gasteiger partial charge in [-0.2, -0.15) is 0 Å². The van der Waals surface area contributed by atoms with Gasteiger partial charge in [-0.1, -0.05) is 72.8 Å². The van der Waals surface area contributed by atoms with E-state index in [2.05, 4.69) is 170 Å². The van der Waals surface area contributed by atoms with Gasteiger partial charge in [-0.3, -0.25) is 0 Å². The molecule has 2 heterocycles. The summed E-state index contributed by atoms with van der Waals surface area (Å²) in [6.07, 6.45) is 0. The SMILES string of the molecule is CC(C)(C)n1c2ccccc2c2cc(-c3cccc(N(c4ccccc4)c4ccc5sc6ccccc6c5c4)c3)ccc21. The average Bonchev–Trinajstić information content (AvgIpc) is 3.57. The molecule has 0 aliphatic heterocycles. The maximum atomic E-state index is 2.47. The van der Waals surface area contributed by atoms with E-state index in [9.17, 15) is 0 Å². The van der Waals surface area contributed by atoms with Crippen LogP contribution in [0, 0.1) is 0 Å². The first-order valence-electron chi connectivity index (χ1n) is 14.9. The number of rotatable bonds is 4. The highest BCUT2D eigenvalue weighted by Gasteiger charge is 2.21. The molecule has 2 aromatic heterocycles. The van der Waals surface area contributed by atoms with Gasteiger partial charge in [0.2, 0.25) is 0 Å². The highest BCUT2D eigenvalue weighted by molar-refractivity contribution is 7.25. The first kappa shape index (κ1) is 25.8. The minimum atomic E-state index is -0.0200. The third kappa shape index (κ3) is 4.31. The Labute approximate surface area is 256 Å². The lowest BCUT2D eigenvalue weighted by Crippen LogP contribution is -2.21. The normalized spacial score (nSPS) is 12.1. The zero-order chi connectivity index (χ0) is 29.1. The highest BCUT2D eigenvalue weighted by atomic mass is 32.1. The van der Waals surface area contributed by atoms with E-state index < -0.39 is 0 Å². The molecule has 0 aliphatic carbocycles. The van der Waals surface area contributed by atoms with Crippen molar-refractivity contribution in [1.82, 2.24) is 4.57 Å². The van der Waals surface area contributed by atoms with Crippen molar-refractivity contribution < 1.29 is 0 Å². The maximum Gasteiger partial charge on any atom is 0.0496 e. The summed E-state index contributed by atoms with van der Waals surface area (Å²) in [6.45, 7) is 6.85. The first-order chi connectivity index (χ1) is 21.0. The summed E-state index contributed by atoms with van der Waals surface area (Å²) < 4.78 is 5.11. The molecule has 0 fully saturated rings. The van der Waals surface area contributed by atoms with Gasteiger partial charge in [-0.15, -0.1) is 11.3 Å². The van der Waals surface area contributed by atoms with Gasteiger partial charge < -0.3 is 9.47 Å². The molecule has 0 atom stereocenters. The van der Waals surface area contributed by atoms with E-state index in [1.165, 1.54) is 53.1 Å². The molecule has 0 aliphatic rings. The number of hydrogen-bond donors (Lipinski definition) is 0. The van der Waals surface area contributed by atoms with E-state index in [-0.39, 0.29) is 5.54 Å². The van der Waals surface area contributed by atoms with Crippen LogP contribution in [0.1, 0.15) is 20.8 Å². The highest BCUT2D eigenvalue weighted by Crippen LogP contribution is 2.42. The summed E-state index contributed by atoms with van der Waals surface area (Å²) >= 11 is 1.86. The Hall–Kier alpha value is -4.86. The number of hydrogen-bond acceptors (Lipinski definition) is 2. The molecule has 8 rings (SSSR count). The van der Waals surface area contributed by atoms with Crippen molar-refractivity contribution in [2.75, 3.05) is 4.90 Å². The number of fused-ring (bicyclic) bond motifs is 6. The number of nitrogens with zero attached hydrogens (tertiary/aromatic N) is 2. The van der Waals surface area contributed by atoms with E-state index >= 15 is 0 Å². The van der Waals surface area contributed by atoms with Crippen molar-refractivity contribution >= 4 is 70.4 Å². The summed E-state index contributed by atoms with van der Waals surface area (Å²) in [6, 6.07) is 51.0. The Bertz CT molecular complexity index is 2280. The Kier molecular flexibility index (Phi) is 5.92. The van der Waals surface area contributed by atoms with Crippen LogP contribution in [-0.4, -0.2) is 4.57 Å². The number of para-hydroxylation sites is 2. The third-order valence-electron chi connectivity index (χ3n) is 8.41. The van der Waals surface area contributed by atoms with Crippen LogP contribution in [0.15, 0.2) is 140 Å². The second kappa shape index (κ2) is 9.86. The lowest BCUT2D eigenvalue weighted by atomic mass is 10.0. The van der Waals surface area contributed by atoms with Crippen LogP contribution < -0.4 is 4.90 Å². The molecule has 0 spiro atoms. The Morgan fingerprint density at radius 1 is 0.465 bits per heavy atom. The van der Waals surface area contributed by atoms with Crippen molar-refractivity contribution in [1.29, 1.82) is 0 Å². The van der Waals surface area contributed by atoms with Crippen molar-refractivity contribution in [2.24, 2.45) is 0 Å². The van der Waals surface area contributed by atoms with Crippen LogP contribution in [0.4, 0.5) is 17.1 Å². The van der Waals surface area contributed by atoms with Crippen molar-refractivity contribution in [3.8, 4) is 11.1 Å². The molecule has 0 bridgehead atoms. The third-order valence-corrected chi connectivity index (χ3v) is 9.57. The van der Waals surface area contributed by atoms with E-state index in [0.29, 0.717) is 0 Å². The largest absolute Gasteiger partial charge is 0.335 e. The smallest absolute Gasteiger partial charge is 0.0496 e. The minimum absolute atomic E-state index is 0.0200. The van der Waals surface area contributed by atoms with Gasteiger partial charge in [0.15, 0.2) is 0 Å². The Morgan fingerprint density at radius 3 is 1.95 bits per heavy atom. The number of benzene rings is 6. The fraction of sp³-hybridized carbons (Fsp3) is 0.100. The quantitative estimate of drug-likeness (QED) is 0.204.